The van der Waals surface area contributed by atoms with Crippen molar-refractivity contribution in [2.75, 3.05) is 57.3 Å². The number of aromatic nitrogens is 3. The van der Waals surface area contributed by atoms with Crippen LogP contribution in [-0.4, -0.2) is 73.2 Å². The molecule has 0 spiro atoms. The second-order valence-corrected chi connectivity index (χ2v) is 10.4. The van der Waals surface area contributed by atoms with Crippen LogP contribution in [0.15, 0.2) is 51.9 Å². The zero-order chi connectivity index (χ0) is 27.5. The Hall–Kier alpha value is -3.38. The molecule has 3 heterocycles. The van der Waals surface area contributed by atoms with Gasteiger partial charge in [-0.3, -0.25) is 4.79 Å². The van der Waals surface area contributed by atoms with Crippen molar-refractivity contribution in [3.8, 4) is 17.1 Å². The Morgan fingerprint density at radius 3 is 2.90 bits per heavy atom. The number of aliphatic hydroxyl groups is 1. The predicted octanol–water partition coefficient (Wildman–Crippen LogP) is 3.99. The highest BCUT2D eigenvalue weighted by atomic mass is 79.9. The molecule has 2 atom stereocenters. The summed E-state index contributed by atoms with van der Waals surface area (Å²) < 4.78 is 17.1. The number of anilines is 2. The lowest BCUT2D eigenvalue weighted by Crippen LogP contribution is -2.44. The molecule has 0 saturated carbocycles. The Balaban J connectivity index is 1.41. The van der Waals surface area contributed by atoms with E-state index in [1.807, 2.05) is 13.0 Å². The number of rotatable bonds is 9. The third-order valence-corrected chi connectivity index (χ3v) is 7.48. The number of aliphatic hydroxyl groups excluding tert-OH is 1. The molecule has 206 valence electrons. The van der Waals surface area contributed by atoms with E-state index >= 15 is 0 Å². The molecule has 4 aromatic rings. The molecule has 1 aliphatic heterocycles. The molecule has 39 heavy (non-hydrogen) atoms. The number of imidazole rings is 1. The smallest absolute Gasteiger partial charge is 0.261 e. The number of hydrogen-bond donors (Lipinski definition) is 4. The fourth-order valence-electron chi connectivity index (χ4n) is 4.89. The molecule has 2 aromatic heterocycles. The van der Waals surface area contributed by atoms with Crippen molar-refractivity contribution in [3.05, 3.63) is 68.5 Å². The van der Waals surface area contributed by atoms with Crippen molar-refractivity contribution in [2.45, 2.75) is 19.1 Å². The number of ether oxygens (including phenoxy) is 3. The summed E-state index contributed by atoms with van der Waals surface area (Å²) in [6.07, 6.45) is 0.781. The van der Waals surface area contributed by atoms with Crippen molar-refractivity contribution in [1.82, 2.24) is 15.0 Å². The number of methoxy groups -OCH3 is 2. The Kier molecular flexibility index (Phi) is 8.22. The molecular weight excluding hydrogens is 566 g/mol. The van der Waals surface area contributed by atoms with Gasteiger partial charge < -0.3 is 39.5 Å². The van der Waals surface area contributed by atoms with Gasteiger partial charge >= 0.3 is 0 Å². The third-order valence-electron chi connectivity index (χ3n) is 6.86. The van der Waals surface area contributed by atoms with Crippen LogP contribution in [0.3, 0.4) is 0 Å². The maximum atomic E-state index is 13.0. The van der Waals surface area contributed by atoms with Gasteiger partial charge in [0.1, 0.15) is 17.1 Å². The molecule has 10 nitrogen and oxygen atoms in total. The van der Waals surface area contributed by atoms with Crippen LogP contribution in [0.4, 0.5) is 11.4 Å². The lowest BCUT2D eigenvalue weighted by molar-refractivity contribution is -0.0100. The van der Waals surface area contributed by atoms with Gasteiger partial charge in [0.2, 0.25) is 0 Å². The van der Waals surface area contributed by atoms with Gasteiger partial charge in [-0.1, -0.05) is 6.07 Å². The highest BCUT2D eigenvalue weighted by Crippen LogP contribution is 2.31. The van der Waals surface area contributed by atoms with Gasteiger partial charge in [-0.2, -0.15) is 0 Å². The fraction of sp³-hybridized carbons (Fsp3) is 0.357. The Bertz CT molecular complexity index is 1520. The number of H-pyrrole nitrogens is 2. The van der Waals surface area contributed by atoms with Crippen LogP contribution in [0.25, 0.3) is 22.4 Å². The van der Waals surface area contributed by atoms with Crippen LogP contribution in [0, 0.1) is 6.92 Å². The van der Waals surface area contributed by atoms with E-state index in [2.05, 4.69) is 48.2 Å². The second-order valence-electron chi connectivity index (χ2n) is 9.52. The van der Waals surface area contributed by atoms with E-state index < -0.39 is 6.10 Å². The molecule has 4 N–H and O–H groups in total. The molecule has 0 bridgehead atoms. The van der Waals surface area contributed by atoms with E-state index in [0.717, 1.165) is 39.8 Å². The van der Waals surface area contributed by atoms with Gasteiger partial charge in [0.25, 0.3) is 5.56 Å². The first kappa shape index (κ1) is 27.2. The number of halogens is 1. The number of pyridine rings is 1. The molecule has 1 fully saturated rings. The largest absolute Gasteiger partial charge is 0.496 e. The molecule has 0 unspecified atom stereocenters. The van der Waals surface area contributed by atoms with E-state index in [-0.39, 0.29) is 18.2 Å². The predicted molar refractivity (Wildman–Crippen MR) is 155 cm³/mol. The van der Waals surface area contributed by atoms with Crippen LogP contribution in [0.2, 0.25) is 0 Å². The molecule has 1 aliphatic rings. The van der Waals surface area contributed by atoms with Crippen molar-refractivity contribution >= 4 is 38.3 Å². The Labute approximate surface area is 234 Å². The zero-order valence-electron chi connectivity index (χ0n) is 22.1. The lowest BCUT2D eigenvalue weighted by atomic mass is 10.1. The highest BCUT2D eigenvalue weighted by molar-refractivity contribution is 9.10. The maximum Gasteiger partial charge on any atom is 0.261 e. The van der Waals surface area contributed by atoms with E-state index in [1.54, 1.807) is 38.6 Å². The summed E-state index contributed by atoms with van der Waals surface area (Å²) in [6.45, 7) is 4.90. The van der Waals surface area contributed by atoms with E-state index in [9.17, 15) is 9.90 Å². The summed E-state index contributed by atoms with van der Waals surface area (Å²) in [4.78, 5) is 26.1. The normalized spacial score (nSPS) is 16.4. The minimum absolute atomic E-state index is 0.0166. The molecular formula is C28H32BrN5O5. The van der Waals surface area contributed by atoms with Crippen molar-refractivity contribution in [3.63, 3.8) is 0 Å². The quantitative estimate of drug-likeness (QED) is 0.228. The van der Waals surface area contributed by atoms with Crippen molar-refractivity contribution in [1.29, 1.82) is 0 Å². The van der Waals surface area contributed by atoms with E-state index in [0.29, 0.717) is 41.6 Å². The van der Waals surface area contributed by atoms with Gasteiger partial charge in [0, 0.05) is 38.6 Å². The molecule has 11 heteroatoms. The number of aromatic amines is 2. The molecule has 0 radical (unpaired) electrons. The molecule has 0 aliphatic carbocycles. The average molecular weight is 598 g/mol. The second kappa shape index (κ2) is 11.8. The number of fused-ring (bicyclic) bond motifs is 1. The summed E-state index contributed by atoms with van der Waals surface area (Å²) >= 11 is 3.46. The van der Waals surface area contributed by atoms with Crippen LogP contribution >= 0.6 is 15.9 Å². The SMILES string of the molecule is COC[C@H]1CN(c2cc(C)c3nc(-c4c(NC[C@H](O)c5ccc(OC)c(Br)c5)cc[nH]c4=O)[nH]c3c2)CCO1. The van der Waals surface area contributed by atoms with Crippen molar-refractivity contribution < 1.29 is 19.3 Å². The average Bonchev–Trinajstić information content (AvgIpc) is 3.36. The van der Waals surface area contributed by atoms with E-state index in [4.69, 9.17) is 19.2 Å². The molecule has 5 rings (SSSR count). The standard InChI is InChI=1S/C28H32BrN5O5/c1-16-10-18(34-8-9-39-19(14-34)15-37-2)12-22-26(16)33-27(32-22)25-21(6-7-30-28(25)36)31-13-23(35)17-4-5-24(38-3)20(29)11-17/h4-7,10-12,19,23,35H,8-9,13-15H2,1-3H3,(H,32,33)(H2,30,31,36)/t19-,23+/m1/s1. The van der Waals surface area contributed by atoms with Crippen LogP contribution in [-0.2, 0) is 9.47 Å². The summed E-state index contributed by atoms with van der Waals surface area (Å²) in [5.41, 5.74) is 5.08. The Morgan fingerprint density at radius 1 is 1.28 bits per heavy atom. The minimum atomic E-state index is -0.810. The zero-order valence-corrected chi connectivity index (χ0v) is 23.7. The molecule has 2 aromatic carbocycles. The summed E-state index contributed by atoms with van der Waals surface area (Å²) in [6, 6.07) is 11.3. The lowest BCUT2D eigenvalue weighted by Gasteiger charge is -2.34. The summed E-state index contributed by atoms with van der Waals surface area (Å²) in [5.74, 6) is 1.14. The first-order valence-electron chi connectivity index (χ1n) is 12.7. The van der Waals surface area contributed by atoms with Crippen molar-refractivity contribution in [2.24, 2.45) is 0 Å². The molecule has 1 saturated heterocycles. The van der Waals surface area contributed by atoms with Crippen LogP contribution < -0.4 is 20.5 Å². The monoisotopic (exact) mass is 597 g/mol. The van der Waals surface area contributed by atoms with Gasteiger partial charge in [0.05, 0.1) is 53.7 Å². The Morgan fingerprint density at radius 2 is 2.13 bits per heavy atom. The number of nitrogens with one attached hydrogen (secondary N) is 3. The topological polar surface area (TPSA) is 125 Å². The summed E-state index contributed by atoms with van der Waals surface area (Å²) in [7, 11) is 3.27. The van der Waals surface area contributed by atoms with E-state index in [1.165, 1.54) is 0 Å². The maximum absolute atomic E-state index is 13.0. The summed E-state index contributed by atoms with van der Waals surface area (Å²) in [5, 5.41) is 14.0. The first-order valence-corrected chi connectivity index (χ1v) is 13.5. The fourth-order valence-corrected chi connectivity index (χ4v) is 5.45. The molecule has 0 amide bonds. The van der Waals surface area contributed by atoms with Crippen LogP contribution in [0.1, 0.15) is 17.2 Å². The van der Waals surface area contributed by atoms with Gasteiger partial charge in [-0.25, -0.2) is 4.98 Å². The number of hydrogen-bond acceptors (Lipinski definition) is 8. The minimum Gasteiger partial charge on any atom is -0.496 e. The van der Waals surface area contributed by atoms with Gasteiger partial charge in [-0.05, 0) is 64.3 Å². The van der Waals surface area contributed by atoms with Crippen LogP contribution in [0.5, 0.6) is 5.75 Å². The number of morpholine rings is 1. The number of aryl methyl sites for hydroxylation is 1. The number of benzene rings is 2. The highest BCUT2D eigenvalue weighted by Gasteiger charge is 2.23. The first-order chi connectivity index (χ1) is 18.9. The number of nitrogens with zero attached hydrogens (tertiary/aromatic N) is 2. The van der Waals surface area contributed by atoms with Gasteiger partial charge in [-0.15, -0.1) is 0 Å². The third kappa shape index (κ3) is 5.81. The van der Waals surface area contributed by atoms with Gasteiger partial charge in [0.15, 0.2) is 0 Å².